The van der Waals surface area contributed by atoms with Gasteiger partial charge in [-0.3, -0.25) is 0 Å². The Bertz CT molecular complexity index is 580. The van der Waals surface area contributed by atoms with Crippen LogP contribution in [0.1, 0.15) is 0 Å². The second-order valence-electron chi connectivity index (χ2n) is 3.69. The van der Waals surface area contributed by atoms with Crippen LogP contribution in [0.2, 0.25) is 5.02 Å². The van der Waals surface area contributed by atoms with Gasteiger partial charge in [-0.25, -0.2) is 0 Å². The number of halogens is 1. The Morgan fingerprint density at radius 2 is 1.59 bits per heavy atom. The fourth-order valence-electron chi connectivity index (χ4n) is 1.86. The molecule has 0 spiro atoms. The number of benzene rings is 2. The number of para-hydroxylation sites is 3. The molecule has 0 amide bonds. The third kappa shape index (κ3) is 1.77. The lowest BCUT2D eigenvalue weighted by molar-refractivity contribution is 0.473. The number of rotatable bonds is 1. The number of anilines is 2. The van der Waals surface area contributed by atoms with Crippen molar-refractivity contribution in [1.29, 1.82) is 0 Å². The van der Waals surface area contributed by atoms with Crippen molar-refractivity contribution in [3.8, 4) is 5.75 Å². The Balaban J connectivity index is 2.13. The summed E-state index contributed by atoms with van der Waals surface area (Å²) in [6.07, 6.45) is 3.52. The molecule has 0 saturated carbocycles. The van der Waals surface area contributed by atoms with Crippen molar-refractivity contribution in [2.75, 3.05) is 4.90 Å². The Morgan fingerprint density at radius 3 is 2.41 bits per heavy atom. The summed E-state index contributed by atoms with van der Waals surface area (Å²) in [5, 5.41) is 0.717. The van der Waals surface area contributed by atoms with Crippen LogP contribution in [0.15, 0.2) is 61.0 Å². The molecule has 1 heterocycles. The lowest BCUT2D eigenvalue weighted by Crippen LogP contribution is -2.13. The molecule has 2 aromatic rings. The van der Waals surface area contributed by atoms with Gasteiger partial charge in [-0.05, 0) is 24.3 Å². The van der Waals surface area contributed by atoms with E-state index in [4.69, 9.17) is 16.3 Å². The van der Waals surface area contributed by atoms with Crippen molar-refractivity contribution in [2.24, 2.45) is 0 Å². The molecule has 0 bridgehead atoms. The maximum atomic E-state index is 6.21. The minimum atomic E-state index is 0.717. The summed E-state index contributed by atoms with van der Waals surface area (Å²) < 4.78 is 5.45. The molecule has 3 rings (SSSR count). The Morgan fingerprint density at radius 1 is 0.882 bits per heavy atom. The van der Waals surface area contributed by atoms with Crippen molar-refractivity contribution in [2.45, 2.75) is 0 Å². The molecule has 3 heteroatoms. The molecule has 0 fully saturated rings. The van der Waals surface area contributed by atoms with E-state index in [0.717, 1.165) is 17.1 Å². The van der Waals surface area contributed by atoms with E-state index in [1.54, 1.807) is 6.26 Å². The zero-order valence-electron chi connectivity index (χ0n) is 9.01. The van der Waals surface area contributed by atoms with E-state index in [9.17, 15) is 0 Å². The minimum Gasteiger partial charge on any atom is -0.461 e. The molecule has 0 atom stereocenters. The van der Waals surface area contributed by atoms with Crippen molar-refractivity contribution >= 4 is 23.0 Å². The van der Waals surface area contributed by atoms with Crippen LogP contribution in [-0.2, 0) is 0 Å². The third-order valence-corrected chi connectivity index (χ3v) is 2.96. The standard InChI is InChI=1S/C14H10ClNO/c15-11-5-1-2-6-12(11)16-9-10-17-14-8-4-3-7-13(14)16/h1-10H. The topological polar surface area (TPSA) is 12.5 Å². The summed E-state index contributed by atoms with van der Waals surface area (Å²) in [5.41, 5.74) is 1.93. The van der Waals surface area contributed by atoms with E-state index in [1.165, 1.54) is 0 Å². The second kappa shape index (κ2) is 4.15. The van der Waals surface area contributed by atoms with Gasteiger partial charge in [-0.2, -0.15) is 0 Å². The molecule has 0 aliphatic carbocycles. The molecular weight excluding hydrogens is 234 g/mol. The van der Waals surface area contributed by atoms with Gasteiger partial charge in [0.25, 0.3) is 0 Å². The number of nitrogens with zero attached hydrogens (tertiary/aromatic N) is 1. The van der Waals surface area contributed by atoms with Gasteiger partial charge < -0.3 is 9.64 Å². The Kier molecular flexibility index (Phi) is 2.50. The van der Waals surface area contributed by atoms with Gasteiger partial charge in [0.2, 0.25) is 0 Å². The van der Waals surface area contributed by atoms with Crippen molar-refractivity contribution in [3.63, 3.8) is 0 Å². The SMILES string of the molecule is Clc1ccccc1N1C=COc2ccccc21. The highest BCUT2D eigenvalue weighted by Crippen LogP contribution is 2.39. The minimum absolute atomic E-state index is 0.717. The molecule has 0 N–H and O–H groups in total. The lowest BCUT2D eigenvalue weighted by Gasteiger charge is -2.26. The maximum absolute atomic E-state index is 6.21. The van der Waals surface area contributed by atoms with E-state index in [2.05, 4.69) is 0 Å². The summed E-state index contributed by atoms with van der Waals surface area (Å²) in [7, 11) is 0. The van der Waals surface area contributed by atoms with E-state index >= 15 is 0 Å². The molecule has 0 saturated heterocycles. The summed E-state index contributed by atoms with van der Waals surface area (Å²) in [6.45, 7) is 0. The van der Waals surface area contributed by atoms with Crippen molar-refractivity contribution in [1.82, 2.24) is 0 Å². The first-order valence-corrected chi connectivity index (χ1v) is 5.70. The normalized spacial score (nSPS) is 13.1. The molecule has 17 heavy (non-hydrogen) atoms. The fourth-order valence-corrected chi connectivity index (χ4v) is 2.08. The molecule has 2 nitrogen and oxygen atoms in total. The second-order valence-corrected chi connectivity index (χ2v) is 4.10. The lowest BCUT2D eigenvalue weighted by atomic mass is 10.2. The fraction of sp³-hybridized carbons (Fsp3) is 0. The van der Waals surface area contributed by atoms with Crippen LogP contribution >= 0.6 is 11.6 Å². The number of ether oxygens (including phenoxy) is 1. The van der Waals surface area contributed by atoms with Crippen molar-refractivity contribution < 1.29 is 4.74 Å². The summed E-state index contributed by atoms with van der Waals surface area (Å²) >= 11 is 6.21. The average Bonchev–Trinajstić information content (AvgIpc) is 2.39. The Labute approximate surface area is 105 Å². The first-order chi connectivity index (χ1) is 8.36. The first kappa shape index (κ1) is 10.2. The van der Waals surface area contributed by atoms with Crippen LogP contribution in [-0.4, -0.2) is 0 Å². The largest absolute Gasteiger partial charge is 0.461 e. The summed E-state index contributed by atoms with van der Waals surface area (Å²) in [6, 6.07) is 15.6. The van der Waals surface area contributed by atoms with Gasteiger partial charge in [0.15, 0.2) is 5.75 Å². The predicted octanol–water partition coefficient (Wildman–Crippen LogP) is 4.34. The molecular formula is C14H10ClNO. The predicted molar refractivity (Wildman–Crippen MR) is 69.8 cm³/mol. The zero-order chi connectivity index (χ0) is 11.7. The van der Waals surface area contributed by atoms with Gasteiger partial charge in [0, 0.05) is 6.20 Å². The van der Waals surface area contributed by atoms with Gasteiger partial charge in [0.05, 0.1) is 16.4 Å². The van der Waals surface area contributed by atoms with Gasteiger partial charge in [-0.15, -0.1) is 0 Å². The maximum Gasteiger partial charge on any atom is 0.150 e. The van der Waals surface area contributed by atoms with Crippen LogP contribution in [0.4, 0.5) is 11.4 Å². The van der Waals surface area contributed by atoms with E-state index in [1.807, 2.05) is 59.6 Å². The molecule has 2 aromatic carbocycles. The highest BCUT2D eigenvalue weighted by atomic mass is 35.5. The van der Waals surface area contributed by atoms with Gasteiger partial charge in [-0.1, -0.05) is 35.9 Å². The number of fused-ring (bicyclic) bond motifs is 1. The Hall–Kier alpha value is -1.93. The van der Waals surface area contributed by atoms with Gasteiger partial charge in [0.1, 0.15) is 6.26 Å². The molecule has 1 aliphatic rings. The van der Waals surface area contributed by atoms with Crippen LogP contribution in [0.25, 0.3) is 0 Å². The quantitative estimate of drug-likeness (QED) is 0.739. The van der Waals surface area contributed by atoms with E-state index in [0.29, 0.717) is 5.02 Å². The molecule has 1 aliphatic heterocycles. The summed E-state index contributed by atoms with van der Waals surface area (Å²) in [4.78, 5) is 2.02. The van der Waals surface area contributed by atoms with Crippen LogP contribution in [0.5, 0.6) is 5.75 Å². The molecule has 84 valence electrons. The van der Waals surface area contributed by atoms with E-state index < -0.39 is 0 Å². The van der Waals surface area contributed by atoms with Crippen LogP contribution in [0.3, 0.4) is 0 Å². The zero-order valence-corrected chi connectivity index (χ0v) is 9.76. The monoisotopic (exact) mass is 243 g/mol. The average molecular weight is 244 g/mol. The molecule has 0 radical (unpaired) electrons. The highest BCUT2D eigenvalue weighted by Gasteiger charge is 2.16. The summed E-state index contributed by atoms with van der Waals surface area (Å²) in [5.74, 6) is 0.829. The van der Waals surface area contributed by atoms with Gasteiger partial charge >= 0.3 is 0 Å². The van der Waals surface area contributed by atoms with Crippen LogP contribution < -0.4 is 9.64 Å². The highest BCUT2D eigenvalue weighted by molar-refractivity contribution is 6.33. The van der Waals surface area contributed by atoms with E-state index in [-0.39, 0.29) is 0 Å². The molecule has 0 aromatic heterocycles. The number of hydrogen-bond donors (Lipinski definition) is 0. The molecule has 0 unspecified atom stereocenters. The third-order valence-electron chi connectivity index (χ3n) is 2.64. The van der Waals surface area contributed by atoms with Crippen molar-refractivity contribution in [3.05, 3.63) is 66.0 Å². The first-order valence-electron chi connectivity index (χ1n) is 5.32. The smallest absolute Gasteiger partial charge is 0.150 e. The number of hydrogen-bond acceptors (Lipinski definition) is 2. The van der Waals surface area contributed by atoms with Crippen LogP contribution in [0, 0.1) is 0 Å².